The number of hydrogen-bond donors (Lipinski definition) is 0. The fraction of sp³-hybridized carbons (Fsp3) is 0.400. The molecule has 0 aliphatic heterocycles. The van der Waals surface area contributed by atoms with Crippen LogP contribution in [0.15, 0.2) is 77.5 Å². The second-order valence-electron chi connectivity index (χ2n) is 16.8. The molecular formula is C45H53GeIrN3O-2. The molecule has 1 fully saturated rings. The molecule has 0 atom stereocenters. The molecule has 0 N–H and O–H groups in total. The quantitative estimate of drug-likeness (QED) is 0.118. The Morgan fingerprint density at radius 2 is 1.57 bits per heavy atom. The number of hydrogen-bond acceptors (Lipinski definition) is 4. The van der Waals surface area contributed by atoms with Crippen molar-refractivity contribution >= 4 is 39.7 Å². The van der Waals surface area contributed by atoms with Crippen molar-refractivity contribution in [2.24, 2.45) is 11.3 Å². The second-order valence-corrected chi connectivity index (χ2v) is 27.4. The second kappa shape index (κ2) is 16.3. The van der Waals surface area contributed by atoms with Gasteiger partial charge in [0.2, 0.25) is 5.71 Å². The molecule has 4 aromatic heterocycles. The van der Waals surface area contributed by atoms with Crippen LogP contribution in [0.5, 0.6) is 0 Å². The maximum absolute atomic E-state index is 5.92. The van der Waals surface area contributed by atoms with Crippen LogP contribution in [-0.4, -0.2) is 28.2 Å². The molecule has 0 amide bonds. The number of aryl methyl sites for hydroxylation is 1. The van der Waals surface area contributed by atoms with Gasteiger partial charge in [-0.05, 0) is 54.1 Å². The van der Waals surface area contributed by atoms with Crippen LogP contribution in [0.3, 0.4) is 0 Å². The van der Waals surface area contributed by atoms with Crippen molar-refractivity contribution < 1.29 is 24.5 Å². The minimum Gasteiger partial charge on any atom is -0.486 e. The van der Waals surface area contributed by atoms with Gasteiger partial charge in [-0.25, -0.2) is 4.98 Å². The van der Waals surface area contributed by atoms with Crippen LogP contribution >= 0.6 is 0 Å². The number of aromatic nitrogens is 3. The van der Waals surface area contributed by atoms with Crippen molar-refractivity contribution in [2.75, 3.05) is 0 Å². The van der Waals surface area contributed by atoms with Crippen LogP contribution in [0, 0.1) is 30.4 Å². The Labute approximate surface area is 322 Å². The van der Waals surface area contributed by atoms with Crippen LogP contribution in [0.4, 0.5) is 0 Å². The summed E-state index contributed by atoms with van der Waals surface area (Å²) in [5.41, 5.74) is 11.2. The van der Waals surface area contributed by atoms with Gasteiger partial charge >= 0.3 is 132 Å². The summed E-state index contributed by atoms with van der Waals surface area (Å²) in [6.07, 6.45) is 12.0. The first kappa shape index (κ1) is 39.1. The van der Waals surface area contributed by atoms with Gasteiger partial charge in [-0.15, -0.1) is 23.8 Å². The predicted octanol–water partition coefficient (Wildman–Crippen LogP) is 11.7. The van der Waals surface area contributed by atoms with Crippen LogP contribution in [-0.2, 0) is 32.9 Å². The molecule has 7 rings (SSSR count). The number of benzene rings is 2. The summed E-state index contributed by atoms with van der Waals surface area (Å²) in [6, 6.07) is 27.6. The Kier molecular flexibility index (Phi) is 12.5. The van der Waals surface area contributed by atoms with E-state index in [1.807, 2.05) is 37.3 Å². The molecule has 0 bridgehead atoms. The molecule has 1 aliphatic rings. The van der Waals surface area contributed by atoms with Gasteiger partial charge in [0.1, 0.15) is 0 Å². The average Bonchev–Trinajstić information content (AvgIpc) is 3.71. The fourth-order valence-electron chi connectivity index (χ4n) is 7.31. The summed E-state index contributed by atoms with van der Waals surface area (Å²) in [7, 11) is 0. The average molecular weight is 917 g/mol. The summed E-state index contributed by atoms with van der Waals surface area (Å²) in [4.78, 5) is 14.1. The molecule has 1 saturated carbocycles. The normalized spacial score (nSPS) is 13.8. The van der Waals surface area contributed by atoms with E-state index < -0.39 is 13.3 Å². The van der Waals surface area contributed by atoms with Crippen LogP contribution in [0.25, 0.3) is 44.6 Å². The van der Waals surface area contributed by atoms with Gasteiger partial charge in [-0.1, -0.05) is 51.0 Å². The Morgan fingerprint density at radius 3 is 2.24 bits per heavy atom. The third kappa shape index (κ3) is 9.66. The molecule has 0 unspecified atom stereocenters. The third-order valence-electron chi connectivity index (χ3n) is 9.82. The molecule has 269 valence electrons. The topological polar surface area (TPSA) is 51.8 Å². The zero-order valence-electron chi connectivity index (χ0n) is 31.9. The molecule has 6 heteroatoms. The van der Waals surface area contributed by atoms with E-state index >= 15 is 0 Å². The molecular weight excluding hydrogens is 863 g/mol. The summed E-state index contributed by atoms with van der Waals surface area (Å²) < 4.78 is 7.46. The fourth-order valence-corrected chi connectivity index (χ4v) is 10.6. The SMILES string of the molecule is CC(C)(C)Cc1cc(-c2[c-]cccc2)nc[c]1[Ge]([CH3])([CH3])[CH3].Cc1ccc2c(n1)oc1c[c-]c(-c3cc(CC4CCCC4)c(C(C)C)cn3)cc12.[Ir]. The number of rotatable bonds is 7. The zero-order valence-corrected chi connectivity index (χ0v) is 36.4. The van der Waals surface area contributed by atoms with Gasteiger partial charge in [0, 0.05) is 37.4 Å². The van der Waals surface area contributed by atoms with Crippen LogP contribution in [0.1, 0.15) is 88.6 Å². The van der Waals surface area contributed by atoms with Gasteiger partial charge in [0.05, 0.1) is 5.58 Å². The van der Waals surface area contributed by atoms with E-state index in [9.17, 15) is 0 Å². The van der Waals surface area contributed by atoms with E-state index in [1.165, 1.54) is 53.2 Å². The van der Waals surface area contributed by atoms with E-state index in [-0.39, 0.29) is 20.1 Å². The van der Waals surface area contributed by atoms with E-state index in [1.54, 1.807) is 0 Å². The maximum Gasteiger partial charge on any atom is 0.216 e. The molecule has 51 heavy (non-hydrogen) atoms. The van der Waals surface area contributed by atoms with Gasteiger partial charge in [-0.3, -0.25) is 0 Å². The number of pyridine rings is 3. The van der Waals surface area contributed by atoms with E-state index in [4.69, 9.17) is 14.4 Å². The zero-order chi connectivity index (χ0) is 35.6. The first-order chi connectivity index (χ1) is 23.7. The summed E-state index contributed by atoms with van der Waals surface area (Å²) in [5.74, 6) is 8.64. The number of fused-ring (bicyclic) bond motifs is 3. The van der Waals surface area contributed by atoms with Crippen molar-refractivity contribution in [3.05, 3.63) is 108 Å². The third-order valence-corrected chi connectivity index (χ3v) is 14.2. The van der Waals surface area contributed by atoms with Gasteiger partial charge < -0.3 is 9.40 Å². The van der Waals surface area contributed by atoms with Crippen molar-refractivity contribution in [3.8, 4) is 22.5 Å². The molecule has 6 aromatic rings. The van der Waals surface area contributed by atoms with Crippen molar-refractivity contribution in [1.29, 1.82) is 0 Å². The Bertz CT molecular complexity index is 2080. The van der Waals surface area contributed by atoms with E-state index in [0.29, 0.717) is 17.0 Å². The summed E-state index contributed by atoms with van der Waals surface area (Å²) in [5, 5.41) is 2.12. The largest absolute Gasteiger partial charge is 0.486 e. The van der Waals surface area contributed by atoms with Crippen molar-refractivity contribution in [2.45, 2.75) is 103 Å². The van der Waals surface area contributed by atoms with Crippen LogP contribution in [0.2, 0.25) is 17.3 Å². The molecule has 0 spiro atoms. The number of furan rings is 1. The van der Waals surface area contributed by atoms with E-state index in [0.717, 1.165) is 56.9 Å². The predicted molar refractivity (Wildman–Crippen MR) is 213 cm³/mol. The molecule has 4 heterocycles. The molecule has 1 radical (unpaired) electrons. The van der Waals surface area contributed by atoms with Crippen molar-refractivity contribution in [1.82, 2.24) is 15.0 Å². The monoisotopic (exact) mass is 918 g/mol. The molecule has 0 saturated heterocycles. The number of nitrogens with zero attached hydrogens (tertiary/aromatic N) is 3. The van der Waals surface area contributed by atoms with Crippen LogP contribution < -0.4 is 4.40 Å². The summed E-state index contributed by atoms with van der Waals surface area (Å²) in [6.45, 7) is 13.4. The maximum atomic E-state index is 5.92. The molecule has 2 aromatic carbocycles. The van der Waals surface area contributed by atoms with Gasteiger partial charge in [-0.2, -0.15) is 0 Å². The molecule has 1 aliphatic carbocycles. The smallest absolute Gasteiger partial charge is 0.216 e. The summed E-state index contributed by atoms with van der Waals surface area (Å²) >= 11 is -1.90. The Hall–Kier alpha value is -3.12. The first-order valence-corrected chi connectivity index (χ1v) is 25.8. The van der Waals surface area contributed by atoms with Gasteiger partial charge in [0.15, 0.2) is 0 Å². The van der Waals surface area contributed by atoms with Gasteiger partial charge in [0.25, 0.3) is 0 Å². The molecule has 4 nitrogen and oxygen atoms in total. The Morgan fingerprint density at radius 1 is 0.863 bits per heavy atom. The van der Waals surface area contributed by atoms with Crippen molar-refractivity contribution in [3.63, 3.8) is 0 Å². The Balaban J connectivity index is 0.000000205. The minimum atomic E-state index is -1.90. The first-order valence-electron chi connectivity index (χ1n) is 18.4. The minimum absolute atomic E-state index is 0. The standard InChI is InChI=1S/C26H27N2O.C19H26GeN.Ir/c1-16(2)23-15-27-24(14-20(23)12-18-6-4-5-7-18)19-9-11-25-22(13-19)21-10-8-17(3)28-26(21)29-25;1-19(2,3)13-16-12-18(15-10-8-7-9-11-15)21-14-17(16)20(4,5)6;/h8,10-11,13-16,18H,4-7,12H2,1-3H3;7-10,12,14H,13H2,1-6H3;/q2*-1;. The van der Waals surface area contributed by atoms with E-state index in [2.05, 4.69) is 112 Å².